The number of nitriles is 1. The number of hydrazine groups is 1. The van der Waals surface area contributed by atoms with E-state index in [1.54, 1.807) is 6.19 Å². The third-order valence-electron chi connectivity index (χ3n) is 3.87. The molecule has 0 spiro atoms. The van der Waals surface area contributed by atoms with Crippen LogP contribution in [0, 0.1) is 11.5 Å². The Labute approximate surface area is 146 Å². The SMILES string of the molecule is N#CNC(=O)C1CCCNN1C(=O)CCNC(=O)Cc1ccccc1. The molecule has 3 N–H and O–H groups in total. The van der Waals surface area contributed by atoms with Crippen LogP contribution in [0.4, 0.5) is 0 Å². The highest BCUT2D eigenvalue weighted by atomic mass is 16.2. The lowest BCUT2D eigenvalue weighted by molar-refractivity contribution is -0.146. The van der Waals surface area contributed by atoms with E-state index >= 15 is 0 Å². The summed E-state index contributed by atoms with van der Waals surface area (Å²) in [6, 6.07) is 8.62. The molecule has 1 atom stereocenters. The van der Waals surface area contributed by atoms with Crippen molar-refractivity contribution in [1.82, 2.24) is 21.1 Å². The first kappa shape index (κ1) is 18.4. The average molecular weight is 343 g/mol. The fraction of sp³-hybridized carbons (Fsp3) is 0.412. The predicted molar refractivity (Wildman–Crippen MR) is 89.4 cm³/mol. The largest absolute Gasteiger partial charge is 0.355 e. The number of hydrogen-bond acceptors (Lipinski definition) is 5. The predicted octanol–water partition coefficient (Wildman–Crippen LogP) is -0.172. The summed E-state index contributed by atoms with van der Waals surface area (Å²) in [4.78, 5) is 36.0. The molecule has 1 fully saturated rings. The monoisotopic (exact) mass is 343 g/mol. The number of hydrogen-bond donors (Lipinski definition) is 3. The molecule has 1 unspecified atom stereocenters. The zero-order valence-corrected chi connectivity index (χ0v) is 13.8. The molecule has 3 amide bonds. The van der Waals surface area contributed by atoms with Gasteiger partial charge in [-0.2, -0.15) is 5.26 Å². The van der Waals surface area contributed by atoms with E-state index in [1.165, 1.54) is 5.01 Å². The van der Waals surface area contributed by atoms with Crippen molar-refractivity contribution in [3.63, 3.8) is 0 Å². The third kappa shape index (κ3) is 5.58. The van der Waals surface area contributed by atoms with Crippen LogP contribution < -0.4 is 16.1 Å². The van der Waals surface area contributed by atoms with Crippen LogP contribution in [0.3, 0.4) is 0 Å². The Hall–Kier alpha value is -2.92. The van der Waals surface area contributed by atoms with E-state index in [4.69, 9.17) is 5.26 Å². The molecular weight excluding hydrogens is 322 g/mol. The van der Waals surface area contributed by atoms with Crippen molar-refractivity contribution in [2.45, 2.75) is 31.7 Å². The molecule has 0 aliphatic carbocycles. The summed E-state index contributed by atoms with van der Waals surface area (Å²) < 4.78 is 0. The lowest BCUT2D eigenvalue weighted by atomic mass is 10.1. The molecule has 0 aromatic heterocycles. The summed E-state index contributed by atoms with van der Waals surface area (Å²) in [5, 5.41) is 14.6. The maximum absolute atomic E-state index is 12.3. The van der Waals surface area contributed by atoms with Crippen molar-refractivity contribution < 1.29 is 14.4 Å². The summed E-state index contributed by atoms with van der Waals surface area (Å²) in [5.74, 6) is -0.960. The highest BCUT2D eigenvalue weighted by Crippen LogP contribution is 2.11. The summed E-state index contributed by atoms with van der Waals surface area (Å²) in [5.41, 5.74) is 3.79. The lowest BCUT2D eigenvalue weighted by Gasteiger charge is -2.34. The quantitative estimate of drug-likeness (QED) is 0.490. The lowest BCUT2D eigenvalue weighted by Crippen LogP contribution is -2.58. The standard InChI is InChI=1S/C17H21N5O3/c18-12-20-17(25)14-7-4-9-21-22(14)16(24)8-10-19-15(23)11-13-5-2-1-3-6-13/h1-3,5-6,14,21H,4,7-11H2,(H,19,23)(H,20,25). The molecule has 1 aliphatic heterocycles. The molecule has 1 aromatic rings. The fourth-order valence-corrected chi connectivity index (χ4v) is 2.66. The highest BCUT2D eigenvalue weighted by molar-refractivity contribution is 5.88. The van der Waals surface area contributed by atoms with Crippen LogP contribution in [0.15, 0.2) is 30.3 Å². The second kappa shape index (κ2) is 9.39. The second-order valence-electron chi connectivity index (χ2n) is 5.69. The summed E-state index contributed by atoms with van der Waals surface area (Å²) in [6.07, 6.45) is 3.14. The first-order chi connectivity index (χ1) is 12.1. The molecule has 2 rings (SSSR count). The van der Waals surface area contributed by atoms with Gasteiger partial charge in [0.1, 0.15) is 6.04 Å². The van der Waals surface area contributed by atoms with Crippen molar-refractivity contribution in [3.8, 4) is 6.19 Å². The van der Waals surface area contributed by atoms with Gasteiger partial charge < -0.3 is 5.32 Å². The van der Waals surface area contributed by atoms with Crippen molar-refractivity contribution >= 4 is 17.7 Å². The Kier molecular flexibility index (Phi) is 6.92. The van der Waals surface area contributed by atoms with E-state index in [0.29, 0.717) is 13.0 Å². The Morgan fingerprint density at radius 2 is 2.04 bits per heavy atom. The molecule has 0 radical (unpaired) electrons. The first-order valence-corrected chi connectivity index (χ1v) is 8.17. The van der Waals surface area contributed by atoms with Crippen molar-refractivity contribution in [2.24, 2.45) is 0 Å². The summed E-state index contributed by atoms with van der Waals surface area (Å²) >= 11 is 0. The minimum Gasteiger partial charge on any atom is -0.355 e. The number of nitrogens with zero attached hydrogens (tertiary/aromatic N) is 2. The number of benzene rings is 1. The zero-order valence-electron chi connectivity index (χ0n) is 13.8. The van der Waals surface area contributed by atoms with Gasteiger partial charge in [-0.1, -0.05) is 30.3 Å². The molecule has 25 heavy (non-hydrogen) atoms. The molecule has 1 aromatic carbocycles. The molecule has 132 valence electrons. The molecule has 1 saturated heterocycles. The Morgan fingerprint density at radius 1 is 1.28 bits per heavy atom. The smallest absolute Gasteiger partial charge is 0.257 e. The van der Waals surface area contributed by atoms with Crippen LogP contribution in [0.2, 0.25) is 0 Å². The fourth-order valence-electron chi connectivity index (χ4n) is 2.66. The van der Waals surface area contributed by atoms with E-state index < -0.39 is 11.9 Å². The topological polar surface area (TPSA) is 114 Å². The van der Waals surface area contributed by atoms with Crippen molar-refractivity contribution in [3.05, 3.63) is 35.9 Å². The maximum atomic E-state index is 12.3. The average Bonchev–Trinajstić information content (AvgIpc) is 2.62. The van der Waals surface area contributed by atoms with Crippen molar-refractivity contribution in [1.29, 1.82) is 5.26 Å². The van der Waals surface area contributed by atoms with Crippen LogP contribution in [-0.2, 0) is 20.8 Å². The van der Waals surface area contributed by atoms with Gasteiger partial charge in [-0.15, -0.1) is 0 Å². The van der Waals surface area contributed by atoms with Gasteiger partial charge in [-0.3, -0.25) is 24.7 Å². The molecular formula is C17H21N5O3. The Balaban J connectivity index is 1.79. The van der Waals surface area contributed by atoms with Gasteiger partial charge in [-0.05, 0) is 18.4 Å². The van der Waals surface area contributed by atoms with Crippen LogP contribution in [0.25, 0.3) is 0 Å². The van der Waals surface area contributed by atoms with Gasteiger partial charge in [-0.25, -0.2) is 5.43 Å². The molecule has 0 saturated carbocycles. The molecule has 1 aliphatic rings. The number of nitrogens with one attached hydrogen (secondary N) is 3. The van der Waals surface area contributed by atoms with Crippen LogP contribution in [0.5, 0.6) is 0 Å². The van der Waals surface area contributed by atoms with E-state index in [0.717, 1.165) is 12.0 Å². The van der Waals surface area contributed by atoms with E-state index in [-0.39, 0.29) is 31.2 Å². The van der Waals surface area contributed by atoms with E-state index in [1.807, 2.05) is 30.3 Å². The van der Waals surface area contributed by atoms with Crippen LogP contribution >= 0.6 is 0 Å². The molecule has 1 heterocycles. The van der Waals surface area contributed by atoms with Gasteiger partial charge in [0, 0.05) is 19.5 Å². The number of carbonyl (C=O) groups excluding carboxylic acids is 3. The van der Waals surface area contributed by atoms with Crippen LogP contribution in [-0.4, -0.2) is 41.9 Å². The zero-order chi connectivity index (χ0) is 18.1. The second-order valence-corrected chi connectivity index (χ2v) is 5.69. The molecule has 0 bridgehead atoms. The minimum atomic E-state index is -0.707. The minimum absolute atomic E-state index is 0.0733. The third-order valence-corrected chi connectivity index (χ3v) is 3.87. The van der Waals surface area contributed by atoms with Crippen molar-refractivity contribution in [2.75, 3.05) is 13.1 Å². The van der Waals surface area contributed by atoms with Gasteiger partial charge in [0.05, 0.1) is 6.42 Å². The van der Waals surface area contributed by atoms with Gasteiger partial charge in [0.2, 0.25) is 11.8 Å². The summed E-state index contributed by atoms with van der Waals surface area (Å²) in [7, 11) is 0. The van der Waals surface area contributed by atoms with Gasteiger partial charge >= 0.3 is 0 Å². The summed E-state index contributed by atoms with van der Waals surface area (Å²) in [6.45, 7) is 0.776. The molecule has 8 nitrogen and oxygen atoms in total. The Morgan fingerprint density at radius 3 is 2.76 bits per heavy atom. The van der Waals surface area contributed by atoms with Gasteiger partial charge in [0.15, 0.2) is 6.19 Å². The number of carbonyl (C=O) groups is 3. The number of rotatable bonds is 6. The molecule has 8 heteroatoms. The van der Waals surface area contributed by atoms with Crippen LogP contribution in [0.1, 0.15) is 24.8 Å². The van der Waals surface area contributed by atoms with E-state index in [2.05, 4.69) is 16.1 Å². The highest BCUT2D eigenvalue weighted by Gasteiger charge is 2.31. The van der Waals surface area contributed by atoms with Gasteiger partial charge in [0.25, 0.3) is 5.91 Å². The first-order valence-electron chi connectivity index (χ1n) is 8.17. The van der Waals surface area contributed by atoms with E-state index in [9.17, 15) is 14.4 Å². The normalized spacial score (nSPS) is 16.6. The number of amides is 3. The Bertz CT molecular complexity index is 656. The maximum Gasteiger partial charge on any atom is 0.257 e.